The van der Waals surface area contributed by atoms with E-state index >= 15 is 0 Å². The SMILES string of the molecule is C=C/C=C(\C=C1/CC2=CCCC=C2C1(C)C)Nc1ccccc1-c1ccc2ccccc2c1. The average Bonchev–Trinajstić information content (AvgIpc) is 3.09. The number of allylic oxidation sites excluding steroid dienone is 8. The standard InChI is InChI=1S/C32H31N/c1-4-11-28(22-27-21-26-14-7-9-16-30(26)32(27,2)3)33-31-17-10-8-15-29(31)25-19-18-23-12-5-6-13-24(23)20-25/h4-6,8,10-20,22,33H,1,7,9,21H2,2-3H3/b27-22+,28-11+. The smallest absolute Gasteiger partial charge is 0.0463 e. The van der Waals surface area contributed by atoms with Gasteiger partial charge in [0.2, 0.25) is 0 Å². The summed E-state index contributed by atoms with van der Waals surface area (Å²) >= 11 is 0. The Kier molecular flexibility index (Phi) is 5.64. The summed E-state index contributed by atoms with van der Waals surface area (Å²) < 4.78 is 0. The molecule has 0 saturated heterocycles. The largest absolute Gasteiger partial charge is 0.355 e. The van der Waals surface area contributed by atoms with Crippen LogP contribution >= 0.6 is 0 Å². The molecule has 1 saturated carbocycles. The van der Waals surface area contributed by atoms with Gasteiger partial charge in [0.25, 0.3) is 0 Å². The number of fused-ring (bicyclic) bond motifs is 2. The second-order valence-electron chi connectivity index (χ2n) is 9.49. The molecule has 33 heavy (non-hydrogen) atoms. The fourth-order valence-electron chi connectivity index (χ4n) is 5.18. The van der Waals surface area contributed by atoms with Crippen LogP contribution in [0.1, 0.15) is 33.1 Å². The highest BCUT2D eigenvalue weighted by molar-refractivity contribution is 5.90. The van der Waals surface area contributed by atoms with Gasteiger partial charge >= 0.3 is 0 Å². The summed E-state index contributed by atoms with van der Waals surface area (Å²) in [4.78, 5) is 0. The minimum absolute atomic E-state index is 0.0616. The van der Waals surface area contributed by atoms with Crippen molar-refractivity contribution in [3.8, 4) is 11.1 Å². The summed E-state index contributed by atoms with van der Waals surface area (Å²) in [5.41, 5.74) is 9.11. The molecular formula is C32H31N. The topological polar surface area (TPSA) is 12.0 Å². The Morgan fingerprint density at radius 3 is 2.48 bits per heavy atom. The van der Waals surface area contributed by atoms with E-state index in [9.17, 15) is 0 Å². The third-order valence-electron chi connectivity index (χ3n) is 7.00. The lowest BCUT2D eigenvalue weighted by Gasteiger charge is -2.24. The highest BCUT2D eigenvalue weighted by Gasteiger charge is 2.37. The quantitative estimate of drug-likeness (QED) is 0.399. The van der Waals surface area contributed by atoms with Crippen LogP contribution in [0, 0.1) is 5.41 Å². The lowest BCUT2D eigenvalue weighted by Crippen LogP contribution is -2.12. The van der Waals surface area contributed by atoms with Crippen molar-refractivity contribution in [1.82, 2.24) is 0 Å². The summed E-state index contributed by atoms with van der Waals surface area (Å²) in [5.74, 6) is 0. The molecule has 1 N–H and O–H groups in total. The Balaban J connectivity index is 1.51. The van der Waals surface area contributed by atoms with Crippen molar-refractivity contribution in [2.45, 2.75) is 33.1 Å². The summed E-state index contributed by atoms with van der Waals surface area (Å²) in [5, 5.41) is 6.23. The molecule has 164 valence electrons. The fourth-order valence-corrected chi connectivity index (χ4v) is 5.18. The Bertz CT molecular complexity index is 1340. The molecule has 0 unspecified atom stereocenters. The van der Waals surface area contributed by atoms with Crippen LogP contribution in [0.3, 0.4) is 0 Å². The molecule has 1 nitrogen and oxygen atoms in total. The van der Waals surface area contributed by atoms with Crippen molar-refractivity contribution in [3.05, 3.63) is 126 Å². The van der Waals surface area contributed by atoms with Gasteiger partial charge < -0.3 is 5.32 Å². The summed E-state index contributed by atoms with van der Waals surface area (Å²) in [6, 6.07) is 23.7. The van der Waals surface area contributed by atoms with E-state index in [4.69, 9.17) is 0 Å². The summed E-state index contributed by atoms with van der Waals surface area (Å²) in [7, 11) is 0. The van der Waals surface area contributed by atoms with E-state index in [1.807, 2.05) is 6.08 Å². The molecule has 0 spiro atoms. The van der Waals surface area contributed by atoms with Crippen LogP contribution < -0.4 is 5.32 Å². The third kappa shape index (κ3) is 4.12. The van der Waals surface area contributed by atoms with Gasteiger partial charge in [-0.2, -0.15) is 0 Å². The first-order valence-corrected chi connectivity index (χ1v) is 11.9. The molecule has 5 rings (SSSR count). The van der Waals surface area contributed by atoms with Crippen LogP contribution in [0.2, 0.25) is 0 Å². The maximum atomic E-state index is 3.97. The van der Waals surface area contributed by atoms with Gasteiger partial charge in [0.1, 0.15) is 0 Å². The van der Waals surface area contributed by atoms with Crippen LogP contribution in [0.15, 0.2) is 126 Å². The second kappa shape index (κ2) is 8.75. The van der Waals surface area contributed by atoms with E-state index in [1.165, 1.54) is 38.6 Å². The van der Waals surface area contributed by atoms with Crippen LogP contribution in [0.4, 0.5) is 5.69 Å². The average molecular weight is 430 g/mol. The molecule has 2 aliphatic rings. The summed E-state index contributed by atoms with van der Waals surface area (Å²) in [6.45, 7) is 8.68. The summed E-state index contributed by atoms with van der Waals surface area (Å²) in [6.07, 6.45) is 14.5. The monoisotopic (exact) mass is 429 g/mol. The maximum absolute atomic E-state index is 3.97. The van der Waals surface area contributed by atoms with Crippen LogP contribution in [0.5, 0.6) is 0 Å². The second-order valence-corrected chi connectivity index (χ2v) is 9.49. The van der Waals surface area contributed by atoms with Gasteiger partial charge in [-0.15, -0.1) is 0 Å². The molecule has 1 fully saturated rings. The molecule has 0 aromatic heterocycles. The van der Waals surface area contributed by atoms with Crippen molar-refractivity contribution in [1.29, 1.82) is 0 Å². The van der Waals surface area contributed by atoms with Gasteiger partial charge in [-0.25, -0.2) is 0 Å². The number of para-hydroxylation sites is 1. The Hall–Kier alpha value is -3.58. The van der Waals surface area contributed by atoms with E-state index in [2.05, 4.69) is 117 Å². The minimum atomic E-state index is 0.0616. The Labute approximate surface area is 197 Å². The number of benzene rings is 3. The fraction of sp³-hybridized carbons (Fsp3) is 0.188. The number of rotatable bonds is 5. The number of nitrogens with one attached hydrogen (secondary N) is 1. The zero-order valence-corrected chi connectivity index (χ0v) is 19.6. The van der Waals surface area contributed by atoms with E-state index in [-0.39, 0.29) is 5.41 Å². The van der Waals surface area contributed by atoms with Crippen molar-refractivity contribution in [2.24, 2.45) is 5.41 Å². The number of hydrogen-bond donors (Lipinski definition) is 1. The van der Waals surface area contributed by atoms with Crippen molar-refractivity contribution < 1.29 is 0 Å². The maximum Gasteiger partial charge on any atom is 0.0463 e. The van der Waals surface area contributed by atoms with Gasteiger partial charge in [-0.3, -0.25) is 0 Å². The zero-order chi connectivity index (χ0) is 22.8. The van der Waals surface area contributed by atoms with Crippen molar-refractivity contribution in [3.63, 3.8) is 0 Å². The zero-order valence-electron chi connectivity index (χ0n) is 19.6. The lowest BCUT2D eigenvalue weighted by atomic mass is 9.80. The molecule has 0 bridgehead atoms. The molecule has 0 aliphatic heterocycles. The third-order valence-corrected chi connectivity index (χ3v) is 7.00. The molecule has 1 heteroatoms. The van der Waals surface area contributed by atoms with Crippen molar-refractivity contribution in [2.75, 3.05) is 5.32 Å². The molecule has 3 aromatic carbocycles. The predicted molar refractivity (Wildman–Crippen MR) is 143 cm³/mol. The lowest BCUT2D eigenvalue weighted by molar-refractivity contribution is 0.570. The first-order valence-electron chi connectivity index (χ1n) is 11.9. The molecule has 0 heterocycles. The van der Waals surface area contributed by atoms with Crippen LogP contribution in [-0.4, -0.2) is 0 Å². The van der Waals surface area contributed by atoms with Gasteiger partial charge in [-0.1, -0.05) is 98.8 Å². The minimum Gasteiger partial charge on any atom is -0.355 e. The van der Waals surface area contributed by atoms with Crippen LogP contribution in [-0.2, 0) is 0 Å². The van der Waals surface area contributed by atoms with Crippen molar-refractivity contribution >= 4 is 16.5 Å². The van der Waals surface area contributed by atoms with E-state index in [0.717, 1.165) is 30.6 Å². The number of hydrogen-bond acceptors (Lipinski definition) is 1. The number of anilines is 1. The van der Waals surface area contributed by atoms with E-state index in [1.54, 1.807) is 0 Å². The van der Waals surface area contributed by atoms with E-state index < -0.39 is 0 Å². The molecule has 0 atom stereocenters. The first kappa shape index (κ1) is 21.3. The Morgan fingerprint density at radius 1 is 0.909 bits per heavy atom. The Morgan fingerprint density at radius 2 is 1.67 bits per heavy atom. The molecule has 0 amide bonds. The van der Waals surface area contributed by atoms with Crippen LogP contribution in [0.25, 0.3) is 21.9 Å². The van der Waals surface area contributed by atoms with Gasteiger partial charge in [0, 0.05) is 22.4 Å². The normalized spacial score (nSPS) is 18.6. The van der Waals surface area contributed by atoms with Gasteiger partial charge in [-0.05, 0) is 71.0 Å². The molecule has 0 radical (unpaired) electrons. The molecule has 3 aromatic rings. The highest BCUT2D eigenvalue weighted by atomic mass is 14.9. The van der Waals surface area contributed by atoms with Gasteiger partial charge in [0.05, 0.1) is 0 Å². The van der Waals surface area contributed by atoms with E-state index in [0.29, 0.717) is 0 Å². The molecular weight excluding hydrogens is 398 g/mol. The van der Waals surface area contributed by atoms with Gasteiger partial charge in [0.15, 0.2) is 0 Å². The predicted octanol–water partition coefficient (Wildman–Crippen LogP) is 8.99. The first-order chi connectivity index (χ1) is 16.1. The molecule has 2 aliphatic carbocycles. The highest BCUT2D eigenvalue weighted by Crippen LogP contribution is 2.51.